The summed E-state index contributed by atoms with van der Waals surface area (Å²) in [5.74, 6) is -0.409. The Morgan fingerprint density at radius 1 is 1.59 bits per heavy atom. The second-order valence-corrected chi connectivity index (χ2v) is 4.27. The first-order valence-corrected chi connectivity index (χ1v) is 5.58. The highest BCUT2D eigenvalue weighted by molar-refractivity contribution is 6.31. The fraction of sp³-hybridized carbons (Fsp3) is 0.250. The smallest absolute Gasteiger partial charge is 0.322 e. The number of hydrogen-bond donors (Lipinski definition) is 2. The first kappa shape index (κ1) is 12.0. The zero-order valence-corrected chi connectivity index (χ0v) is 10.1. The molecule has 0 aliphatic rings. The SMILES string of the molecule is COC(=O)[C@H](N)Cc1c[nH]c2cc(Cl)ccc12. The average molecular weight is 253 g/mol. The predicted octanol–water partition coefficient (Wildman–Crippen LogP) is 1.86. The van der Waals surface area contributed by atoms with Gasteiger partial charge in [-0.1, -0.05) is 17.7 Å². The number of aromatic nitrogens is 1. The van der Waals surface area contributed by atoms with Crippen LogP contribution < -0.4 is 5.73 Å². The molecular formula is C12H13ClN2O2. The van der Waals surface area contributed by atoms with Gasteiger partial charge < -0.3 is 15.5 Å². The van der Waals surface area contributed by atoms with E-state index in [9.17, 15) is 4.79 Å². The summed E-state index contributed by atoms with van der Waals surface area (Å²) in [7, 11) is 1.33. The summed E-state index contributed by atoms with van der Waals surface area (Å²) in [6.07, 6.45) is 2.28. The van der Waals surface area contributed by atoms with E-state index in [-0.39, 0.29) is 0 Å². The van der Waals surface area contributed by atoms with Crippen LogP contribution in [0.15, 0.2) is 24.4 Å². The predicted molar refractivity (Wildman–Crippen MR) is 67.0 cm³/mol. The molecule has 2 rings (SSSR count). The minimum Gasteiger partial charge on any atom is -0.468 e. The number of benzene rings is 1. The van der Waals surface area contributed by atoms with Gasteiger partial charge in [0.05, 0.1) is 7.11 Å². The number of nitrogens with two attached hydrogens (primary N) is 1. The molecule has 1 heterocycles. The number of carbonyl (C=O) groups excluding carboxylic acids is 1. The third-order valence-electron chi connectivity index (χ3n) is 2.67. The zero-order chi connectivity index (χ0) is 12.4. The second kappa shape index (κ2) is 4.77. The van der Waals surface area contributed by atoms with Crippen LogP contribution in [0.1, 0.15) is 5.56 Å². The molecule has 1 atom stereocenters. The number of esters is 1. The molecule has 0 radical (unpaired) electrons. The Labute approximate surface area is 104 Å². The van der Waals surface area contributed by atoms with E-state index in [0.29, 0.717) is 11.4 Å². The Kier molecular flexibility index (Phi) is 3.36. The van der Waals surface area contributed by atoms with Gasteiger partial charge in [-0.2, -0.15) is 0 Å². The minimum atomic E-state index is -0.644. The number of hydrogen-bond acceptors (Lipinski definition) is 3. The quantitative estimate of drug-likeness (QED) is 0.820. The van der Waals surface area contributed by atoms with Gasteiger partial charge in [0, 0.05) is 28.5 Å². The van der Waals surface area contributed by atoms with Crippen LogP contribution in [0.4, 0.5) is 0 Å². The number of carbonyl (C=O) groups is 1. The van der Waals surface area contributed by atoms with Crippen molar-refractivity contribution in [2.45, 2.75) is 12.5 Å². The van der Waals surface area contributed by atoms with E-state index in [0.717, 1.165) is 16.5 Å². The highest BCUT2D eigenvalue weighted by Crippen LogP contribution is 2.22. The van der Waals surface area contributed by atoms with Crippen molar-refractivity contribution < 1.29 is 9.53 Å². The number of rotatable bonds is 3. The number of nitrogens with one attached hydrogen (secondary N) is 1. The first-order valence-electron chi connectivity index (χ1n) is 5.20. The lowest BCUT2D eigenvalue weighted by molar-refractivity contribution is -0.142. The molecule has 1 aromatic heterocycles. The van der Waals surface area contributed by atoms with Crippen molar-refractivity contribution in [3.63, 3.8) is 0 Å². The average Bonchev–Trinajstić information content (AvgIpc) is 2.70. The topological polar surface area (TPSA) is 68.1 Å². The lowest BCUT2D eigenvalue weighted by atomic mass is 10.1. The molecular weight excluding hydrogens is 240 g/mol. The standard InChI is InChI=1S/C12H13ClN2O2/c1-17-12(16)10(14)4-7-6-15-11-5-8(13)2-3-9(7)11/h2-3,5-6,10,15H,4,14H2,1H3/t10-/m1/s1. The summed E-state index contributed by atoms with van der Waals surface area (Å²) in [4.78, 5) is 14.3. The third kappa shape index (κ3) is 2.43. The van der Waals surface area contributed by atoms with E-state index < -0.39 is 12.0 Å². The first-order chi connectivity index (χ1) is 8.11. The second-order valence-electron chi connectivity index (χ2n) is 3.84. The number of fused-ring (bicyclic) bond motifs is 1. The van der Waals surface area contributed by atoms with E-state index in [2.05, 4.69) is 9.72 Å². The lowest BCUT2D eigenvalue weighted by Crippen LogP contribution is -2.33. The molecule has 0 spiro atoms. The number of methoxy groups -OCH3 is 1. The molecule has 0 bridgehead atoms. The van der Waals surface area contributed by atoms with Gasteiger partial charge in [-0.3, -0.25) is 4.79 Å². The van der Waals surface area contributed by atoms with Gasteiger partial charge in [-0.15, -0.1) is 0 Å². The summed E-state index contributed by atoms with van der Waals surface area (Å²) in [5, 5.41) is 1.69. The molecule has 0 aliphatic carbocycles. The highest BCUT2D eigenvalue weighted by atomic mass is 35.5. The third-order valence-corrected chi connectivity index (χ3v) is 2.91. The van der Waals surface area contributed by atoms with Gasteiger partial charge in [-0.05, 0) is 17.7 Å². The number of ether oxygens (including phenoxy) is 1. The molecule has 2 aromatic rings. The lowest BCUT2D eigenvalue weighted by Gasteiger charge is -2.07. The Bertz CT molecular complexity index is 550. The summed E-state index contributed by atoms with van der Waals surface area (Å²) in [5.41, 5.74) is 7.64. The van der Waals surface area contributed by atoms with Crippen LogP contribution in [-0.2, 0) is 16.0 Å². The van der Waals surface area contributed by atoms with E-state index >= 15 is 0 Å². The molecule has 5 heteroatoms. The van der Waals surface area contributed by atoms with Crippen LogP contribution in [0.5, 0.6) is 0 Å². The molecule has 0 amide bonds. The maximum atomic E-state index is 11.2. The Morgan fingerprint density at radius 2 is 2.35 bits per heavy atom. The molecule has 0 saturated carbocycles. The van der Waals surface area contributed by atoms with Gasteiger partial charge in [-0.25, -0.2) is 0 Å². The van der Waals surface area contributed by atoms with Crippen molar-refractivity contribution in [1.82, 2.24) is 4.98 Å². The molecule has 17 heavy (non-hydrogen) atoms. The zero-order valence-electron chi connectivity index (χ0n) is 9.37. The molecule has 0 saturated heterocycles. The molecule has 0 fully saturated rings. The fourth-order valence-electron chi connectivity index (χ4n) is 1.80. The number of H-pyrrole nitrogens is 1. The molecule has 1 aromatic carbocycles. The van der Waals surface area contributed by atoms with Crippen molar-refractivity contribution in [3.8, 4) is 0 Å². The highest BCUT2D eigenvalue weighted by Gasteiger charge is 2.16. The Hall–Kier alpha value is -1.52. The van der Waals surface area contributed by atoms with Gasteiger partial charge in [0.25, 0.3) is 0 Å². The van der Waals surface area contributed by atoms with E-state index in [1.54, 1.807) is 0 Å². The molecule has 90 valence electrons. The van der Waals surface area contributed by atoms with Crippen LogP contribution in [-0.4, -0.2) is 24.1 Å². The maximum absolute atomic E-state index is 11.2. The number of aromatic amines is 1. The van der Waals surface area contributed by atoms with Gasteiger partial charge in [0.2, 0.25) is 0 Å². The largest absolute Gasteiger partial charge is 0.468 e. The van der Waals surface area contributed by atoms with Crippen molar-refractivity contribution in [3.05, 3.63) is 35.0 Å². The van der Waals surface area contributed by atoms with E-state index in [1.165, 1.54) is 7.11 Å². The molecule has 0 unspecified atom stereocenters. The monoisotopic (exact) mass is 252 g/mol. The summed E-state index contributed by atoms with van der Waals surface area (Å²) >= 11 is 5.89. The minimum absolute atomic E-state index is 0.409. The summed E-state index contributed by atoms with van der Waals surface area (Å²) in [6.45, 7) is 0. The number of halogens is 1. The van der Waals surface area contributed by atoms with Crippen molar-refractivity contribution in [2.24, 2.45) is 5.73 Å². The van der Waals surface area contributed by atoms with Crippen molar-refractivity contribution in [1.29, 1.82) is 0 Å². The van der Waals surface area contributed by atoms with Crippen molar-refractivity contribution >= 4 is 28.5 Å². The van der Waals surface area contributed by atoms with Crippen LogP contribution in [0.25, 0.3) is 10.9 Å². The fourth-order valence-corrected chi connectivity index (χ4v) is 1.97. The normalized spacial score (nSPS) is 12.6. The van der Waals surface area contributed by atoms with Gasteiger partial charge in [0.15, 0.2) is 0 Å². The summed E-state index contributed by atoms with van der Waals surface area (Å²) in [6, 6.07) is 4.91. The van der Waals surface area contributed by atoms with Gasteiger partial charge in [0.1, 0.15) is 6.04 Å². The van der Waals surface area contributed by atoms with Crippen LogP contribution in [0.2, 0.25) is 5.02 Å². The van der Waals surface area contributed by atoms with Gasteiger partial charge >= 0.3 is 5.97 Å². The molecule has 4 nitrogen and oxygen atoms in total. The van der Waals surface area contributed by atoms with Crippen molar-refractivity contribution in [2.75, 3.05) is 7.11 Å². The van der Waals surface area contributed by atoms with E-state index in [1.807, 2.05) is 24.4 Å². The molecule has 3 N–H and O–H groups in total. The van der Waals surface area contributed by atoms with E-state index in [4.69, 9.17) is 17.3 Å². The molecule has 0 aliphatic heterocycles. The maximum Gasteiger partial charge on any atom is 0.322 e. The summed E-state index contributed by atoms with van der Waals surface area (Å²) < 4.78 is 4.60. The Morgan fingerprint density at radius 3 is 3.06 bits per heavy atom. The van der Waals surface area contributed by atoms with Crippen LogP contribution in [0, 0.1) is 0 Å². The van der Waals surface area contributed by atoms with Crippen LogP contribution >= 0.6 is 11.6 Å². The Balaban J connectivity index is 2.28. The van der Waals surface area contributed by atoms with Crippen LogP contribution in [0.3, 0.4) is 0 Å².